The van der Waals surface area contributed by atoms with Gasteiger partial charge in [0.25, 0.3) is 0 Å². The van der Waals surface area contributed by atoms with Gasteiger partial charge in [0.1, 0.15) is 73.2 Å². The Hall–Kier alpha value is -3.29. The minimum atomic E-state index is -1.98. The molecule has 0 aromatic carbocycles. The molecule has 19 heteroatoms. The van der Waals surface area contributed by atoms with Crippen LogP contribution in [-0.4, -0.2) is 193 Å². The Labute approximate surface area is 615 Å². The number of amides is 1. The summed E-state index contributed by atoms with van der Waals surface area (Å²) in [7, 11) is 0. The molecular weight excluding hydrogens is 1300 g/mol. The van der Waals surface area contributed by atoms with Crippen LogP contribution in [0, 0.1) is 0 Å². The van der Waals surface area contributed by atoms with E-state index in [-0.39, 0.29) is 18.9 Å². The minimum Gasteiger partial charge on any atom is -0.394 e. The lowest BCUT2D eigenvalue weighted by Gasteiger charge is -2.48. The van der Waals surface area contributed by atoms with Crippen molar-refractivity contribution in [1.82, 2.24) is 5.32 Å². The van der Waals surface area contributed by atoms with Gasteiger partial charge in [-0.1, -0.05) is 297 Å². The van der Waals surface area contributed by atoms with Crippen molar-refractivity contribution in [2.45, 2.75) is 394 Å². The zero-order chi connectivity index (χ0) is 73.9. The zero-order valence-electron chi connectivity index (χ0n) is 63.1. The molecule has 3 heterocycles. The molecule has 12 N–H and O–H groups in total. The number of aliphatic hydroxyl groups excluding tert-OH is 11. The van der Waals surface area contributed by atoms with E-state index in [0.29, 0.717) is 12.8 Å². The molecule has 17 unspecified atom stereocenters. The van der Waals surface area contributed by atoms with Crippen LogP contribution in [0.2, 0.25) is 0 Å². The number of carbonyl (C=O) groups excluding carboxylic acids is 1. The van der Waals surface area contributed by atoms with Crippen LogP contribution in [0.3, 0.4) is 0 Å². The normalized spacial score (nSPS) is 26.7. The molecule has 0 aromatic rings. The molecule has 17 atom stereocenters. The summed E-state index contributed by atoms with van der Waals surface area (Å²) in [6, 6.07) is -0.992. The molecule has 19 nitrogen and oxygen atoms in total. The number of hydrogen-bond acceptors (Lipinski definition) is 18. The molecule has 0 saturated carbocycles. The van der Waals surface area contributed by atoms with Crippen molar-refractivity contribution < 1.29 is 89.4 Å². The van der Waals surface area contributed by atoms with Crippen LogP contribution in [0.25, 0.3) is 0 Å². The highest BCUT2D eigenvalue weighted by atomic mass is 16.8. The van der Waals surface area contributed by atoms with Gasteiger partial charge in [0, 0.05) is 6.42 Å². The van der Waals surface area contributed by atoms with Crippen LogP contribution in [0.15, 0.2) is 97.2 Å². The second-order valence-electron chi connectivity index (χ2n) is 28.5. The van der Waals surface area contributed by atoms with Gasteiger partial charge in [-0.2, -0.15) is 0 Å². The van der Waals surface area contributed by atoms with Crippen LogP contribution >= 0.6 is 0 Å². The van der Waals surface area contributed by atoms with E-state index in [1.54, 1.807) is 6.08 Å². The van der Waals surface area contributed by atoms with Crippen molar-refractivity contribution in [3.63, 3.8) is 0 Å². The van der Waals surface area contributed by atoms with E-state index in [9.17, 15) is 61.0 Å². The van der Waals surface area contributed by atoms with Crippen LogP contribution in [-0.2, 0) is 33.2 Å². The molecule has 0 radical (unpaired) electrons. The summed E-state index contributed by atoms with van der Waals surface area (Å²) in [5.41, 5.74) is 0. The summed E-state index contributed by atoms with van der Waals surface area (Å²) < 4.78 is 34.4. The Morgan fingerprint density at radius 1 is 0.363 bits per heavy atom. The van der Waals surface area contributed by atoms with Crippen molar-refractivity contribution >= 4 is 5.91 Å². The van der Waals surface area contributed by atoms with E-state index in [4.69, 9.17) is 28.4 Å². The van der Waals surface area contributed by atoms with Gasteiger partial charge >= 0.3 is 0 Å². The zero-order valence-corrected chi connectivity index (χ0v) is 63.1. The molecule has 0 bridgehead atoms. The monoisotopic (exact) mass is 1440 g/mol. The number of carbonyl (C=O) groups is 1. The smallest absolute Gasteiger partial charge is 0.220 e. The summed E-state index contributed by atoms with van der Waals surface area (Å²) in [5, 5.41) is 121. The Morgan fingerprint density at radius 2 is 0.686 bits per heavy atom. The molecule has 0 aromatic heterocycles. The van der Waals surface area contributed by atoms with E-state index < -0.39 is 124 Å². The molecule has 590 valence electrons. The van der Waals surface area contributed by atoms with Gasteiger partial charge in [0.15, 0.2) is 18.9 Å². The molecule has 3 fully saturated rings. The van der Waals surface area contributed by atoms with Gasteiger partial charge in [0.2, 0.25) is 5.91 Å². The highest BCUT2D eigenvalue weighted by Crippen LogP contribution is 2.33. The van der Waals surface area contributed by atoms with Crippen LogP contribution < -0.4 is 5.32 Å². The SMILES string of the molecule is CC/C=C\C/C=C\C/C=C\C/C=C\C/C=C\C/C=C\CCCCCCCCCCCCCCCCCCCCCCCCC(=O)NC(COC1OC(CO)C(OC2OC(CO)C(OC3OC(CO)C(O)C(O)C3O)C(O)C2O)C(O)C1O)C(O)/C=C/CC/C=C/CCCCCCCCCCCC. The van der Waals surface area contributed by atoms with Gasteiger partial charge in [-0.25, -0.2) is 0 Å². The first-order valence-electron chi connectivity index (χ1n) is 40.5. The second-order valence-corrected chi connectivity index (χ2v) is 28.5. The number of aliphatic hydroxyl groups is 11. The van der Waals surface area contributed by atoms with E-state index in [0.717, 1.165) is 77.0 Å². The Bertz CT molecular complexity index is 2220. The molecular formula is C83H145NO18. The topological polar surface area (TPSA) is 307 Å². The van der Waals surface area contributed by atoms with Crippen molar-refractivity contribution in [1.29, 1.82) is 0 Å². The second kappa shape index (κ2) is 62.7. The summed E-state index contributed by atoms with van der Waals surface area (Å²) in [6.07, 6.45) is 58.5. The summed E-state index contributed by atoms with van der Waals surface area (Å²) in [4.78, 5) is 13.4. The highest BCUT2D eigenvalue weighted by molar-refractivity contribution is 5.76. The van der Waals surface area contributed by atoms with Crippen molar-refractivity contribution in [2.75, 3.05) is 26.4 Å². The van der Waals surface area contributed by atoms with E-state index >= 15 is 0 Å². The average molecular weight is 1450 g/mol. The number of hydrogen-bond donors (Lipinski definition) is 12. The lowest BCUT2D eigenvalue weighted by atomic mass is 9.96. The highest BCUT2D eigenvalue weighted by Gasteiger charge is 2.54. The first-order valence-corrected chi connectivity index (χ1v) is 40.5. The largest absolute Gasteiger partial charge is 0.394 e. The first-order chi connectivity index (χ1) is 49.8. The van der Waals surface area contributed by atoms with Crippen LogP contribution in [0.5, 0.6) is 0 Å². The van der Waals surface area contributed by atoms with Gasteiger partial charge in [0.05, 0.1) is 38.6 Å². The number of ether oxygens (including phenoxy) is 6. The Morgan fingerprint density at radius 3 is 1.10 bits per heavy atom. The molecule has 3 saturated heterocycles. The van der Waals surface area contributed by atoms with E-state index in [1.807, 2.05) is 6.08 Å². The molecule has 1 amide bonds. The van der Waals surface area contributed by atoms with Crippen molar-refractivity contribution in [3.05, 3.63) is 97.2 Å². The fraction of sp³-hybridized carbons (Fsp3) is 0.795. The van der Waals surface area contributed by atoms with E-state index in [2.05, 4.69) is 104 Å². The summed E-state index contributed by atoms with van der Waals surface area (Å²) in [6.45, 7) is 1.61. The van der Waals surface area contributed by atoms with E-state index in [1.165, 1.54) is 180 Å². The number of unbranched alkanes of at least 4 members (excludes halogenated alkanes) is 33. The fourth-order valence-corrected chi connectivity index (χ4v) is 13.2. The third-order valence-electron chi connectivity index (χ3n) is 19.6. The Balaban J connectivity index is 1.30. The summed E-state index contributed by atoms with van der Waals surface area (Å²) in [5.74, 6) is -0.284. The lowest BCUT2D eigenvalue weighted by molar-refractivity contribution is -0.379. The molecule has 0 aliphatic carbocycles. The molecule has 102 heavy (non-hydrogen) atoms. The third kappa shape index (κ3) is 42.3. The maximum atomic E-state index is 13.4. The quantitative estimate of drug-likeness (QED) is 0.0199. The maximum Gasteiger partial charge on any atom is 0.220 e. The predicted molar refractivity (Wildman–Crippen MR) is 406 cm³/mol. The standard InChI is InChI=1S/C83H145NO18/c1-3-5-7-9-11-13-15-17-19-21-22-23-24-25-26-27-28-29-30-31-32-33-34-35-36-37-38-39-40-41-42-43-44-45-47-49-51-53-55-57-59-61-71(89)84-66(67(88)60-58-56-54-52-50-48-46-20-18-16-14-12-10-8-6-4-2)65-97-81-77(95)74(92)79(69(63-86)99-81)102-83-78(96)75(93)80(70(64-87)100-83)101-82-76(94)73(91)72(90)68(62-85)98-82/h5,7,11,13,17,19,22-23,25-26,28-29,50,52,58,60,66-70,72-83,85-88,90-96H,3-4,6,8-10,12,14-16,18,20-21,24,27,30-49,51,53-57,59,61-65H2,1-2H3,(H,84,89)/b7-5-,13-11-,19-17-,23-22-,26-25-,29-28-,52-50+,60-58+. The molecule has 3 rings (SSSR count). The minimum absolute atomic E-state index is 0.235. The van der Waals surface area contributed by atoms with Gasteiger partial charge < -0.3 is 89.9 Å². The molecule has 3 aliphatic heterocycles. The summed E-state index contributed by atoms with van der Waals surface area (Å²) >= 11 is 0. The van der Waals surface area contributed by atoms with Gasteiger partial charge in [-0.05, 0) is 83.5 Å². The third-order valence-corrected chi connectivity index (χ3v) is 19.6. The van der Waals surface area contributed by atoms with Crippen molar-refractivity contribution in [2.24, 2.45) is 0 Å². The number of nitrogens with one attached hydrogen (secondary N) is 1. The molecule has 3 aliphatic rings. The maximum absolute atomic E-state index is 13.4. The molecule has 0 spiro atoms. The number of allylic oxidation sites excluding steroid dienone is 15. The lowest BCUT2D eigenvalue weighted by Crippen LogP contribution is -2.66. The first kappa shape index (κ1) is 92.9. The average Bonchev–Trinajstić information content (AvgIpc) is 0.755. The Kier molecular flexibility index (Phi) is 57.1. The van der Waals surface area contributed by atoms with Gasteiger partial charge in [-0.3, -0.25) is 4.79 Å². The van der Waals surface area contributed by atoms with Crippen LogP contribution in [0.4, 0.5) is 0 Å². The van der Waals surface area contributed by atoms with Gasteiger partial charge in [-0.15, -0.1) is 0 Å². The van der Waals surface area contributed by atoms with Crippen molar-refractivity contribution in [3.8, 4) is 0 Å². The predicted octanol–water partition coefficient (Wildman–Crippen LogP) is 13.6. The van der Waals surface area contributed by atoms with Crippen LogP contribution in [0.1, 0.15) is 290 Å². The fourth-order valence-electron chi connectivity index (χ4n) is 13.2. The number of rotatable bonds is 63.